The molecule has 0 unspecified atom stereocenters. The van der Waals surface area contributed by atoms with Crippen molar-refractivity contribution < 1.29 is 9.13 Å². The van der Waals surface area contributed by atoms with Gasteiger partial charge in [0.2, 0.25) is 0 Å². The monoisotopic (exact) mass is 347 g/mol. The van der Waals surface area contributed by atoms with Crippen molar-refractivity contribution in [1.29, 1.82) is 0 Å². The molecule has 3 rings (SSSR count). The second kappa shape index (κ2) is 8.50. The van der Waals surface area contributed by atoms with E-state index in [9.17, 15) is 4.39 Å². The highest BCUT2D eigenvalue weighted by atomic mass is 35.5. The summed E-state index contributed by atoms with van der Waals surface area (Å²) < 4.78 is 18.8. The minimum Gasteiger partial charge on any atom is -0.489 e. The van der Waals surface area contributed by atoms with E-state index in [1.807, 2.05) is 12.1 Å². The summed E-state index contributed by atoms with van der Waals surface area (Å²) in [5.41, 5.74) is 2.04. The van der Waals surface area contributed by atoms with E-state index >= 15 is 0 Å². The smallest absolute Gasteiger partial charge is 0.124 e. The average Bonchev–Trinajstić information content (AvgIpc) is 2.61. The molecule has 0 aromatic heterocycles. The number of rotatable bonds is 6. The van der Waals surface area contributed by atoms with Crippen LogP contribution in [0.25, 0.3) is 0 Å². The summed E-state index contributed by atoms with van der Waals surface area (Å²) >= 11 is 6.01. The first-order valence-electron chi connectivity index (χ1n) is 8.60. The van der Waals surface area contributed by atoms with Crippen molar-refractivity contribution >= 4 is 11.6 Å². The van der Waals surface area contributed by atoms with Gasteiger partial charge in [0.1, 0.15) is 18.2 Å². The number of hydrogen-bond donors (Lipinski definition) is 1. The van der Waals surface area contributed by atoms with E-state index in [4.69, 9.17) is 16.3 Å². The van der Waals surface area contributed by atoms with Gasteiger partial charge < -0.3 is 10.1 Å². The summed E-state index contributed by atoms with van der Waals surface area (Å²) in [7, 11) is 0. The zero-order chi connectivity index (χ0) is 16.8. The highest BCUT2D eigenvalue weighted by molar-refractivity contribution is 6.31. The number of halogens is 2. The Labute approximate surface area is 148 Å². The van der Waals surface area contributed by atoms with Crippen molar-refractivity contribution in [2.45, 2.75) is 51.3 Å². The first-order valence-corrected chi connectivity index (χ1v) is 8.97. The Morgan fingerprint density at radius 1 is 1.04 bits per heavy atom. The zero-order valence-corrected chi connectivity index (χ0v) is 14.5. The first-order chi connectivity index (χ1) is 11.7. The van der Waals surface area contributed by atoms with Gasteiger partial charge in [-0.2, -0.15) is 0 Å². The fourth-order valence-corrected chi connectivity index (χ4v) is 3.29. The molecule has 0 aliphatic heterocycles. The second-order valence-electron chi connectivity index (χ2n) is 6.38. The van der Waals surface area contributed by atoms with E-state index in [0.717, 1.165) is 17.9 Å². The summed E-state index contributed by atoms with van der Waals surface area (Å²) in [6.07, 6.45) is 6.65. The molecule has 1 N–H and O–H groups in total. The topological polar surface area (TPSA) is 21.3 Å². The number of benzene rings is 2. The largest absolute Gasteiger partial charge is 0.489 e. The lowest BCUT2D eigenvalue weighted by Gasteiger charge is -2.22. The number of ether oxygens (including phenoxy) is 1. The quantitative estimate of drug-likeness (QED) is 0.747. The van der Waals surface area contributed by atoms with Gasteiger partial charge in [-0.25, -0.2) is 4.39 Å². The van der Waals surface area contributed by atoms with E-state index in [1.165, 1.54) is 49.8 Å². The van der Waals surface area contributed by atoms with Crippen LogP contribution in [-0.2, 0) is 13.2 Å². The van der Waals surface area contributed by atoms with Crippen LogP contribution in [0.15, 0.2) is 42.5 Å². The Bertz CT molecular complexity index is 653. The van der Waals surface area contributed by atoms with Gasteiger partial charge >= 0.3 is 0 Å². The lowest BCUT2D eigenvalue weighted by Crippen LogP contribution is -2.30. The normalized spacial score (nSPS) is 15.4. The summed E-state index contributed by atoms with van der Waals surface area (Å²) in [6, 6.07) is 13.1. The third-order valence-electron chi connectivity index (χ3n) is 4.53. The van der Waals surface area contributed by atoms with Gasteiger partial charge in [0, 0.05) is 18.2 Å². The standard InChI is InChI=1S/C20H23ClFNO/c21-20-12-17(22)9-8-16(20)14-24-19-10-6-15(7-11-19)13-23-18-4-2-1-3-5-18/h6-12,18,23H,1-5,13-14H2. The van der Waals surface area contributed by atoms with Crippen LogP contribution in [0.3, 0.4) is 0 Å². The molecular weight excluding hydrogens is 325 g/mol. The third-order valence-corrected chi connectivity index (χ3v) is 4.88. The van der Waals surface area contributed by atoms with Gasteiger partial charge in [0.15, 0.2) is 0 Å². The van der Waals surface area contributed by atoms with Crippen molar-refractivity contribution in [3.63, 3.8) is 0 Å². The van der Waals surface area contributed by atoms with Crippen molar-refractivity contribution in [3.8, 4) is 5.75 Å². The summed E-state index contributed by atoms with van der Waals surface area (Å²) in [5, 5.41) is 4.03. The van der Waals surface area contributed by atoms with Gasteiger partial charge in [0.25, 0.3) is 0 Å². The van der Waals surface area contributed by atoms with Crippen LogP contribution in [0.2, 0.25) is 5.02 Å². The maximum absolute atomic E-state index is 13.0. The second-order valence-corrected chi connectivity index (χ2v) is 6.79. The SMILES string of the molecule is Fc1ccc(COc2ccc(CNC3CCCCC3)cc2)c(Cl)c1. The maximum Gasteiger partial charge on any atom is 0.124 e. The summed E-state index contributed by atoms with van der Waals surface area (Å²) in [4.78, 5) is 0. The first kappa shape index (κ1) is 17.2. The van der Waals surface area contributed by atoms with Gasteiger partial charge in [-0.15, -0.1) is 0 Å². The van der Waals surface area contributed by atoms with Crippen molar-refractivity contribution in [2.75, 3.05) is 0 Å². The minimum absolute atomic E-state index is 0.332. The average molecular weight is 348 g/mol. The van der Waals surface area contributed by atoms with Crippen molar-refractivity contribution in [1.82, 2.24) is 5.32 Å². The molecule has 2 aromatic carbocycles. The van der Waals surface area contributed by atoms with Crippen LogP contribution in [0, 0.1) is 5.82 Å². The number of nitrogens with one attached hydrogen (secondary N) is 1. The third kappa shape index (κ3) is 4.96. The Balaban J connectivity index is 1.48. The minimum atomic E-state index is -0.335. The highest BCUT2D eigenvalue weighted by Gasteiger charge is 2.12. The van der Waals surface area contributed by atoms with Crippen LogP contribution < -0.4 is 10.1 Å². The molecule has 1 fully saturated rings. The number of hydrogen-bond acceptors (Lipinski definition) is 2. The molecule has 1 saturated carbocycles. The van der Waals surface area contributed by atoms with Crippen LogP contribution in [0.5, 0.6) is 5.75 Å². The molecule has 2 aromatic rings. The van der Waals surface area contributed by atoms with E-state index < -0.39 is 0 Å². The predicted molar refractivity (Wildman–Crippen MR) is 95.9 cm³/mol. The molecule has 0 spiro atoms. The molecule has 1 aliphatic carbocycles. The zero-order valence-electron chi connectivity index (χ0n) is 13.7. The molecule has 4 heteroatoms. The lowest BCUT2D eigenvalue weighted by atomic mass is 9.95. The molecule has 1 aliphatic rings. The Hall–Kier alpha value is -1.58. The van der Waals surface area contributed by atoms with Gasteiger partial charge in [-0.3, -0.25) is 0 Å². The van der Waals surface area contributed by atoms with E-state index in [-0.39, 0.29) is 5.82 Å². The fraction of sp³-hybridized carbons (Fsp3) is 0.400. The van der Waals surface area contributed by atoms with Crippen LogP contribution in [0.1, 0.15) is 43.2 Å². The van der Waals surface area contributed by atoms with E-state index in [1.54, 1.807) is 6.07 Å². The van der Waals surface area contributed by atoms with Crippen LogP contribution in [0.4, 0.5) is 4.39 Å². The molecule has 24 heavy (non-hydrogen) atoms. The molecule has 0 radical (unpaired) electrons. The van der Waals surface area contributed by atoms with Crippen LogP contribution in [-0.4, -0.2) is 6.04 Å². The van der Waals surface area contributed by atoms with E-state index in [0.29, 0.717) is 17.7 Å². The lowest BCUT2D eigenvalue weighted by molar-refractivity contribution is 0.306. The van der Waals surface area contributed by atoms with Gasteiger partial charge in [-0.1, -0.05) is 49.1 Å². The van der Waals surface area contributed by atoms with Crippen molar-refractivity contribution in [2.24, 2.45) is 0 Å². The highest BCUT2D eigenvalue weighted by Crippen LogP contribution is 2.21. The molecule has 0 amide bonds. The maximum atomic E-state index is 13.0. The molecule has 0 atom stereocenters. The Morgan fingerprint density at radius 3 is 2.50 bits per heavy atom. The molecule has 0 saturated heterocycles. The molecule has 2 nitrogen and oxygen atoms in total. The molecule has 128 valence electrons. The summed E-state index contributed by atoms with van der Waals surface area (Å²) in [5.74, 6) is 0.454. The summed E-state index contributed by atoms with van der Waals surface area (Å²) in [6.45, 7) is 1.23. The van der Waals surface area contributed by atoms with Gasteiger partial charge in [-0.05, 0) is 42.7 Å². The van der Waals surface area contributed by atoms with E-state index in [2.05, 4.69) is 17.4 Å². The van der Waals surface area contributed by atoms with Crippen molar-refractivity contribution in [3.05, 3.63) is 64.4 Å². The molecule has 0 bridgehead atoms. The Morgan fingerprint density at radius 2 is 1.79 bits per heavy atom. The fourth-order valence-electron chi connectivity index (χ4n) is 3.07. The molecular formula is C20H23ClFNO. The molecule has 0 heterocycles. The van der Waals surface area contributed by atoms with Gasteiger partial charge in [0.05, 0.1) is 5.02 Å². The Kier molecular flexibility index (Phi) is 6.11. The van der Waals surface area contributed by atoms with Crippen LogP contribution >= 0.6 is 11.6 Å². The predicted octanol–water partition coefficient (Wildman–Crippen LogP) is 5.48.